The van der Waals surface area contributed by atoms with Gasteiger partial charge in [-0.15, -0.1) is 11.3 Å². The summed E-state index contributed by atoms with van der Waals surface area (Å²) in [7, 11) is 0. The first-order valence-electron chi connectivity index (χ1n) is 7.78. The molecule has 1 amide bonds. The van der Waals surface area contributed by atoms with Crippen molar-refractivity contribution in [2.75, 3.05) is 32.8 Å². The van der Waals surface area contributed by atoms with E-state index < -0.39 is 0 Å². The molecule has 0 atom stereocenters. The van der Waals surface area contributed by atoms with Crippen LogP contribution in [0.5, 0.6) is 0 Å². The lowest BCUT2D eigenvalue weighted by Crippen LogP contribution is -2.41. The van der Waals surface area contributed by atoms with Crippen LogP contribution in [0.25, 0.3) is 0 Å². The van der Waals surface area contributed by atoms with Crippen molar-refractivity contribution in [1.29, 1.82) is 0 Å². The van der Waals surface area contributed by atoms with Crippen LogP contribution >= 0.6 is 11.3 Å². The van der Waals surface area contributed by atoms with E-state index in [-0.39, 0.29) is 5.91 Å². The molecule has 2 rings (SSSR count). The zero-order valence-corrected chi connectivity index (χ0v) is 13.9. The van der Waals surface area contributed by atoms with Gasteiger partial charge in [0.1, 0.15) is 0 Å². The van der Waals surface area contributed by atoms with Crippen molar-refractivity contribution >= 4 is 17.2 Å². The summed E-state index contributed by atoms with van der Waals surface area (Å²) < 4.78 is 5.52. The fourth-order valence-electron chi connectivity index (χ4n) is 2.33. The number of rotatable bonds is 8. The zero-order valence-electron chi connectivity index (χ0n) is 13.1. The van der Waals surface area contributed by atoms with Crippen molar-refractivity contribution in [3.05, 3.63) is 21.9 Å². The van der Waals surface area contributed by atoms with Crippen LogP contribution in [-0.2, 0) is 22.5 Å². The van der Waals surface area contributed by atoms with E-state index >= 15 is 0 Å². The van der Waals surface area contributed by atoms with Crippen LogP contribution in [0.15, 0.2) is 11.4 Å². The van der Waals surface area contributed by atoms with E-state index in [1.54, 1.807) is 11.3 Å². The number of thiophene rings is 1. The third-order valence-corrected chi connectivity index (χ3v) is 4.72. The highest BCUT2D eigenvalue weighted by atomic mass is 32.1. The van der Waals surface area contributed by atoms with Gasteiger partial charge in [-0.25, -0.2) is 0 Å². The van der Waals surface area contributed by atoms with Gasteiger partial charge in [-0.3, -0.25) is 4.79 Å². The molecular formula is C16H26N2O2S. The minimum Gasteiger partial charge on any atom is -0.380 e. The topological polar surface area (TPSA) is 41.6 Å². The maximum atomic E-state index is 12.1. The number of nitrogens with zero attached hydrogens (tertiary/aromatic N) is 1. The second-order valence-electron chi connectivity index (χ2n) is 5.91. The molecule has 118 valence electrons. The minimum atomic E-state index is 0.189. The third kappa shape index (κ3) is 5.41. The van der Waals surface area contributed by atoms with Gasteiger partial charge in [0.05, 0.1) is 13.2 Å². The lowest BCUT2D eigenvalue weighted by Gasteiger charge is -2.27. The van der Waals surface area contributed by atoms with Crippen molar-refractivity contribution in [1.82, 2.24) is 10.2 Å². The predicted octanol–water partition coefficient (Wildman–Crippen LogP) is 2.29. The molecule has 1 aliphatic rings. The van der Waals surface area contributed by atoms with Crippen LogP contribution in [0, 0.1) is 5.92 Å². The van der Waals surface area contributed by atoms with Crippen molar-refractivity contribution in [3.63, 3.8) is 0 Å². The maximum absolute atomic E-state index is 12.1. The maximum Gasteiger partial charge on any atom is 0.236 e. The van der Waals surface area contributed by atoms with Gasteiger partial charge in [-0.05, 0) is 35.8 Å². The van der Waals surface area contributed by atoms with Crippen LogP contribution in [0.1, 0.15) is 30.7 Å². The fourth-order valence-corrected chi connectivity index (χ4v) is 3.22. The molecule has 1 aliphatic heterocycles. The number of hydrogen-bond donors (Lipinski definition) is 1. The summed E-state index contributed by atoms with van der Waals surface area (Å²) >= 11 is 1.80. The highest BCUT2D eigenvalue weighted by Crippen LogP contribution is 2.23. The molecule has 0 unspecified atom stereocenters. The van der Waals surface area contributed by atoms with Crippen molar-refractivity contribution in [2.45, 2.75) is 33.2 Å². The first-order valence-corrected chi connectivity index (χ1v) is 8.66. The van der Waals surface area contributed by atoms with Gasteiger partial charge in [0, 0.05) is 31.1 Å². The summed E-state index contributed by atoms with van der Waals surface area (Å²) in [4.78, 5) is 15.5. The summed E-state index contributed by atoms with van der Waals surface area (Å²) in [6.07, 6.45) is 2.09. The van der Waals surface area contributed by atoms with Gasteiger partial charge in [0.25, 0.3) is 0 Å². The summed E-state index contributed by atoms with van der Waals surface area (Å²) in [5, 5.41) is 5.29. The Morgan fingerprint density at radius 2 is 2.33 bits per heavy atom. The summed E-state index contributed by atoms with van der Waals surface area (Å²) in [6.45, 7) is 8.63. The molecule has 0 aromatic carbocycles. The minimum absolute atomic E-state index is 0.189. The summed E-state index contributed by atoms with van der Waals surface area (Å²) in [6, 6.07) is 2.13. The summed E-state index contributed by atoms with van der Waals surface area (Å²) in [5.41, 5.74) is 1.32. The molecule has 0 aliphatic carbocycles. The Balaban J connectivity index is 1.56. The number of fused-ring (bicyclic) bond motifs is 1. The second-order valence-corrected chi connectivity index (χ2v) is 6.91. The number of carbonyl (C=O) groups is 1. The average Bonchev–Trinajstić information content (AvgIpc) is 2.93. The quantitative estimate of drug-likeness (QED) is 0.749. The van der Waals surface area contributed by atoms with Gasteiger partial charge < -0.3 is 15.0 Å². The first-order chi connectivity index (χ1) is 10.2. The summed E-state index contributed by atoms with van der Waals surface area (Å²) in [5.74, 6) is 0.870. The molecule has 0 saturated carbocycles. The van der Waals surface area contributed by atoms with Crippen molar-refractivity contribution < 1.29 is 9.53 Å². The zero-order chi connectivity index (χ0) is 15.1. The molecule has 0 saturated heterocycles. The monoisotopic (exact) mass is 310 g/mol. The standard InChI is InChI=1S/C16H26N2O2S/c1-13(2)4-8-20-9-6-17-11-16(19)18-7-3-15-14(12-18)5-10-21-15/h5,10,13,17H,3-4,6-9,11-12H2,1-2H3. The molecule has 5 heteroatoms. The number of hydrogen-bond acceptors (Lipinski definition) is 4. The average molecular weight is 310 g/mol. The largest absolute Gasteiger partial charge is 0.380 e. The highest BCUT2D eigenvalue weighted by molar-refractivity contribution is 7.10. The smallest absolute Gasteiger partial charge is 0.236 e. The molecule has 21 heavy (non-hydrogen) atoms. The molecule has 1 N–H and O–H groups in total. The Kier molecular flexibility index (Phi) is 6.67. The number of ether oxygens (including phenoxy) is 1. The van der Waals surface area contributed by atoms with Crippen LogP contribution in [0.2, 0.25) is 0 Å². The molecule has 4 nitrogen and oxygen atoms in total. The van der Waals surface area contributed by atoms with Crippen LogP contribution in [-0.4, -0.2) is 43.7 Å². The fraction of sp³-hybridized carbons (Fsp3) is 0.688. The Morgan fingerprint density at radius 3 is 3.14 bits per heavy atom. The molecule has 1 aromatic rings. The Hall–Kier alpha value is -0.910. The van der Waals surface area contributed by atoms with Crippen LogP contribution < -0.4 is 5.32 Å². The van der Waals surface area contributed by atoms with Gasteiger partial charge in [0.15, 0.2) is 0 Å². The Morgan fingerprint density at radius 1 is 1.48 bits per heavy atom. The molecule has 0 bridgehead atoms. The number of amides is 1. The normalized spacial score (nSPS) is 14.5. The SMILES string of the molecule is CC(C)CCOCCNCC(=O)N1CCc2sccc2C1. The van der Waals surface area contributed by atoms with E-state index in [1.165, 1.54) is 10.4 Å². The lowest BCUT2D eigenvalue weighted by atomic mass is 10.1. The molecule has 0 spiro atoms. The number of carbonyl (C=O) groups excluding carboxylic acids is 1. The van der Waals surface area contributed by atoms with E-state index in [0.717, 1.165) is 39.1 Å². The number of nitrogens with one attached hydrogen (secondary N) is 1. The van der Waals surface area contributed by atoms with Crippen LogP contribution in [0.4, 0.5) is 0 Å². The molecule has 0 fully saturated rings. The van der Waals surface area contributed by atoms with Gasteiger partial charge in [0.2, 0.25) is 5.91 Å². The molecule has 0 radical (unpaired) electrons. The third-order valence-electron chi connectivity index (χ3n) is 3.70. The molecular weight excluding hydrogens is 284 g/mol. The first kappa shape index (κ1) is 16.5. The van der Waals surface area contributed by atoms with E-state index in [1.807, 2.05) is 4.90 Å². The predicted molar refractivity (Wildman–Crippen MR) is 86.6 cm³/mol. The van der Waals surface area contributed by atoms with Gasteiger partial charge in [-0.2, -0.15) is 0 Å². The second kappa shape index (κ2) is 8.51. The van der Waals surface area contributed by atoms with Crippen molar-refractivity contribution in [2.24, 2.45) is 5.92 Å². The molecule has 2 heterocycles. The highest BCUT2D eigenvalue weighted by Gasteiger charge is 2.20. The van der Waals surface area contributed by atoms with Crippen LogP contribution in [0.3, 0.4) is 0 Å². The van der Waals surface area contributed by atoms with Gasteiger partial charge in [-0.1, -0.05) is 13.8 Å². The Labute approximate surface area is 131 Å². The van der Waals surface area contributed by atoms with E-state index in [2.05, 4.69) is 30.6 Å². The molecule has 1 aromatic heterocycles. The lowest BCUT2D eigenvalue weighted by molar-refractivity contribution is -0.131. The van der Waals surface area contributed by atoms with E-state index in [4.69, 9.17) is 4.74 Å². The Bertz CT molecular complexity index is 445. The van der Waals surface area contributed by atoms with E-state index in [0.29, 0.717) is 19.1 Å². The van der Waals surface area contributed by atoms with Crippen molar-refractivity contribution in [3.8, 4) is 0 Å². The van der Waals surface area contributed by atoms with E-state index in [9.17, 15) is 4.79 Å². The van der Waals surface area contributed by atoms with Gasteiger partial charge >= 0.3 is 0 Å².